The lowest BCUT2D eigenvalue weighted by atomic mass is 10.3. The average Bonchev–Trinajstić information content (AvgIpc) is 2.37. The van der Waals surface area contributed by atoms with E-state index in [1.165, 1.54) is 0 Å². The molecular formula is C15H24N4O. The molecule has 1 heterocycles. The molecular weight excluding hydrogens is 252 g/mol. The van der Waals surface area contributed by atoms with Crippen LogP contribution in [0.25, 0.3) is 0 Å². The van der Waals surface area contributed by atoms with E-state index >= 15 is 0 Å². The van der Waals surface area contributed by atoms with Gasteiger partial charge in [0.2, 0.25) is 5.91 Å². The molecule has 1 aromatic rings. The maximum atomic E-state index is 11.4. The molecule has 0 saturated carbocycles. The third kappa shape index (κ3) is 6.22. The van der Waals surface area contributed by atoms with Gasteiger partial charge in [0.05, 0.1) is 11.4 Å². The van der Waals surface area contributed by atoms with Gasteiger partial charge in [-0.25, -0.2) is 4.98 Å². The first-order valence-electron chi connectivity index (χ1n) is 6.89. The molecule has 0 saturated heterocycles. The van der Waals surface area contributed by atoms with E-state index in [1.807, 2.05) is 32.9 Å². The SMILES string of the molecule is CC(C)=CC(=O)NCCCCNc1ccc(N)c(C)n1. The lowest BCUT2D eigenvalue weighted by Gasteiger charge is -2.07. The summed E-state index contributed by atoms with van der Waals surface area (Å²) in [6.45, 7) is 7.23. The standard InChI is InChI=1S/C15H24N4O/c1-11(2)10-15(20)18-9-5-4-8-17-14-7-6-13(16)12(3)19-14/h6-7,10H,4-5,8-9,16H2,1-3H3,(H,17,19)(H,18,20). The molecule has 0 unspecified atom stereocenters. The summed E-state index contributed by atoms with van der Waals surface area (Å²) >= 11 is 0. The van der Waals surface area contributed by atoms with Crippen molar-refractivity contribution in [2.24, 2.45) is 0 Å². The van der Waals surface area contributed by atoms with E-state index in [0.717, 1.165) is 36.5 Å². The second-order valence-corrected chi connectivity index (χ2v) is 5.02. The van der Waals surface area contributed by atoms with Crippen LogP contribution in [0, 0.1) is 6.92 Å². The van der Waals surface area contributed by atoms with Gasteiger partial charge in [-0.2, -0.15) is 0 Å². The van der Waals surface area contributed by atoms with Crippen molar-refractivity contribution in [2.75, 3.05) is 24.1 Å². The average molecular weight is 276 g/mol. The highest BCUT2D eigenvalue weighted by Crippen LogP contribution is 2.11. The highest BCUT2D eigenvalue weighted by Gasteiger charge is 1.98. The highest BCUT2D eigenvalue weighted by molar-refractivity contribution is 5.87. The topological polar surface area (TPSA) is 80.0 Å². The first-order chi connectivity index (χ1) is 9.49. The summed E-state index contributed by atoms with van der Waals surface area (Å²) in [6, 6.07) is 3.73. The normalized spacial score (nSPS) is 9.95. The molecule has 0 spiro atoms. The Morgan fingerprint density at radius 1 is 1.30 bits per heavy atom. The Bertz CT molecular complexity index is 479. The zero-order chi connectivity index (χ0) is 15.0. The molecule has 0 aromatic carbocycles. The molecule has 1 rings (SSSR count). The molecule has 4 N–H and O–H groups in total. The van der Waals surface area contributed by atoms with Crippen LogP contribution in [0.5, 0.6) is 0 Å². The van der Waals surface area contributed by atoms with E-state index in [0.29, 0.717) is 12.2 Å². The van der Waals surface area contributed by atoms with Crippen molar-refractivity contribution in [2.45, 2.75) is 33.6 Å². The van der Waals surface area contributed by atoms with Gasteiger partial charge in [-0.1, -0.05) is 5.57 Å². The van der Waals surface area contributed by atoms with Crippen LogP contribution in [0.1, 0.15) is 32.4 Å². The molecule has 1 amide bonds. The summed E-state index contributed by atoms with van der Waals surface area (Å²) < 4.78 is 0. The fourth-order valence-electron chi connectivity index (χ4n) is 1.66. The number of carbonyl (C=O) groups excluding carboxylic acids is 1. The minimum atomic E-state index is -0.0196. The lowest BCUT2D eigenvalue weighted by molar-refractivity contribution is -0.116. The molecule has 110 valence electrons. The van der Waals surface area contributed by atoms with Gasteiger partial charge in [-0.15, -0.1) is 0 Å². The van der Waals surface area contributed by atoms with Crippen LogP contribution >= 0.6 is 0 Å². The van der Waals surface area contributed by atoms with Crippen LogP contribution in [-0.4, -0.2) is 24.0 Å². The van der Waals surface area contributed by atoms with Crippen molar-refractivity contribution >= 4 is 17.4 Å². The number of hydrogen-bond donors (Lipinski definition) is 3. The number of rotatable bonds is 7. The third-order valence-electron chi connectivity index (χ3n) is 2.76. The van der Waals surface area contributed by atoms with E-state index in [9.17, 15) is 4.79 Å². The minimum Gasteiger partial charge on any atom is -0.397 e. The molecule has 0 bridgehead atoms. The molecule has 0 aliphatic carbocycles. The summed E-state index contributed by atoms with van der Waals surface area (Å²) in [5.74, 6) is 0.819. The van der Waals surface area contributed by atoms with Crippen molar-refractivity contribution in [3.63, 3.8) is 0 Å². The highest BCUT2D eigenvalue weighted by atomic mass is 16.1. The lowest BCUT2D eigenvalue weighted by Crippen LogP contribution is -2.22. The largest absolute Gasteiger partial charge is 0.397 e. The van der Waals surface area contributed by atoms with Gasteiger partial charge in [0.15, 0.2) is 0 Å². The number of carbonyl (C=O) groups is 1. The number of allylic oxidation sites excluding steroid dienone is 1. The molecule has 5 heteroatoms. The number of pyridine rings is 1. The number of nitrogen functional groups attached to an aromatic ring is 1. The first kappa shape index (κ1) is 16.0. The number of nitrogens with two attached hydrogens (primary N) is 1. The zero-order valence-electron chi connectivity index (χ0n) is 12.5. The summed E-state index contributed by atoms with van der Waals surface area (Å²) in [5.41, 5.74) is 8.26. The fourth-order valence-corrected chi connectivity index (χ4v) is 1.66. The van der Waals surface area contributed by atoms with Crippen LogP contribution in [0.2, 0.25) is 0 Å². The van der Waals surface area contributed by atoms with E-state index in [-0.39, 0.29) is 5.91 Å². The molecule has 0 aliphatic rings. The van der Waals surface area contributed by atoms with Gasteiger partial charge in [-0.3, -0.25) is 4.79 Å². The molecule has 20 heavy (non-hydrogen) atoms. The van der Waals surface area contributed by atoms with E-state index in [2.05, 4.69) is 15.6 Å². The third-order valence-corrected chi connectivity index (χ3v) is 2.76. The summed E-state index contributed by atoms with van der Waals surface area (Å²) in [4.78, 5) is 15.7. The molecule has 0 atom stereocenters. The minimum absolute atomic E-state index is 0.0196. The van der Waals surface area contributed by atoms with Crippen LogP contribution in [0.4, 0.5) is 11.5 Å². The van der Waals surface area contributed by atoms with Gasteiger partial charge in [0.25, 0.3) is 0 Å². The Morgan fingerprint density at radius 2 is 2.00 bits per heavy atom. The molecule has 1 aromatic heterocycles. The maximum absolute atomic E-state index is 11.4. The van der Waals surface area contributed by atoms with Crippen molar-refractivity contribution in [3.05, 3.63) is 29.5 Å². The molecule has 5 nitrogen and oxygen atoms in total. The second kappa shape index (κ2) is 8.19. The second-order valence-electron chi connectivity index (χ2n) is 5.02. The van der Waals surface area contributed by atoms with E-state index < -0.39 is 0 Å². The number of aromatic nitrogens is 1. The monoisotopic (exact) mass is 276 g/mol. The first-order valence-corrected chi connectivity index (χ1v) is 6.89. The van der Waals surface area contributed by atoms with Crippen LogP contribution in [-0.2, 0) is 4.79 Å². The number of unbranched alkanes of at least 4 members (excludes halogenated alkanes) is 1. The zero-order valence-corrected chi connectivity index (χ0v) is 12.5. The number of nitrogens with zero attached hydrogens (tertiary/aromatic N) is 1. The Labute approximate surface area is 120 Å². The van der Waals surface area contributed by atoms with Crippen molar-refractivity contribution in [1.82, 2.24) is 10.3 Å². The molecule has 0 radical (unpaired) electrons. The Balaban J connectivity index is 2.15. The predicted octanol–water partition coefficient (Wildman–Crippen LogP) is 2.25. The quantitative estimate of drug-likeness (QED) is 0.527. The fraction of sp³-hybridized carbons (Fsp3) is 0.467. The van der Waals surface area contributed by atoms with Crippen molar-refractivity contribution < 1.29 is 4.79 Å². The predicted molar refractivity (Wildman–Crippen MR) is 83.6 cm³/mol. The number of nitrogens with one attached hydrogen (secondary N) is 2. The van der Waals surface area contributed by atoms with Gasteiger partial charge in [0.1, 0.15) is 5.82 Å². The smallest absolute Gasteiger partial charge is 0.243 e. The molecule has 0 aliphatic heterocycles. The van der Waals surface area contributed by atoms with Crippen molar-refractivity contribution in [3.8, 4) is 0 Å². The number of amides is 1. The van der Waals surface area contributed by atoms with Crippen LogP contribution in [0.15, 0.2) is 23.8 Å². The van der Waals surface area contributed by atoms with E-state index in [4.69, 9.17) is 5.73 Å². The summed E-state index contributed by atoms with van der Waals surface area (Å²) in [6.07, 6.45) is 3.52. The van der Waals surface area contributed by atoms with Gasteiger partial charge >= 0.3 is 0 Å². The van der Waals surface area contributed by atoms with Gasteiger partial charge in [0, 0.05) is 19.2 Å². The maximum Gasteiger partial charge on any atom is 0.243 e. The number of hydrogen-bond acceptors (Lipinski definition) is 4. The summed E-state index contributed by atoms with van der Waals surface area (Å²) in [7, 11) is 0. The Morgan fingerprint density at radius 3 is 2.65 bits per heavy atom. The molecule has 0 fully saturated rings. The summed E-state index contributed by atoms with van der Waals surface area (Å²) in [5, 5.41) is 6.10. The number of anilines is 2. The van der Waals surface area contributed by atoms with Gasteiger partial charge in [-0.05, 0) is 45.7 Å². The Hall–Kier alpha value is -2.04. The van der Waals surface area contributed by atoms with E-state index in [1.54, 1.807) is 6.08 Å². The van der Waals surface area contributed by atoms with Crippen LogP contribution < -0.4 is 16.4 Å². The van der Waals surface area contributed by atoms with Crippen LogP contribution in [0.3, 0.4) is 0 Å². The van der Waals surface area contributed by atoms with Gasteiger partial charge < -0.3 is 16.4 Å². The number of aryl methyl sites for hydroxylation is 1. The van der Waals surface area contributed by atoms with Crippen molar-refractivity contribution in [1.29, 1.82) is 0 Å². The Kier molecular flexibility index (Phi) is 6.56.